The van der Waals surface area contributed by atoms with E-state index in [0.29, 0.717) is 19.8 Å². The second kappa shape index (κ2) is 9.13. The molecular formula is C18H27NO3Si. The van der Waals surface area contributed by atoms with Gasteiger partial charge in [0.15, 0.2) is 0 Å². The van der Waals surface area contributed by atoms with Crippen LogP contribution in [0, 0.1) is 0 Å². The Morgan fingerprint density at radius 3 is 2.22 bits per heavy atom. The van der Waals surface area contributed by atoms with Crippen LogP contribution in [0.2, 0.25) is 6.04 Å². The van der Waals surface area contributed by atoms with E-state index in [9.17, 15) is 0 Å². The van der Waals surface area contributed by atoms with E-state index in [2.05, 4.69) is 23.2 Å². The van der Waals surface area contributed by atoms with Crippen molar-refractivity contribution in [3.05, 3.63) is 42.2 Å². The molecule has 0 saturated heterocycles. The summed E-state index contributed by atoms with van der Waals surface area (Å²) in [5.41, 5.74) is 1.27. The van der Waals surface area contributed by atoms with Gasteiger partial charge in [-0.2, -0.15) is 0 Å². The highest BCUT2D eigenvalue weighted by atomic mass is 28.4. The number of nitrogens with zero attached hydrogens (tertiary/aromatic N) is 1. The molecule has 0 atom stereocenters. The fourth-order valence-electron chi connectivity index (χ4n) is 2.87. The molecule has 0 bridgehead atoms. The van der Waals surface area contributed by atoms with E-state index in [-0.39, 0.29) is 0 Å². The lowest BCUT2D eigenvalue weighted by Crippen LogP contribution is -2.46. The molecule has 0 aliphatic carbocycles. The van der Waals surface area contributed by atoms with Crippen LogP contribution in [0.3, 0.4) is 0 Å². The topological polar surface area (TPSA) is 40.6 Å². The summed E-state index contributed by atoms with van der Waals surface area (Å²) in [5.74, 6) is 0. The zero-order valence-corrected chi connectivity index (χ0v) is 15.4. The standard InChI is InChI=1S/C18H27NO3Si/c1-4-20-23(21-5-2,22-6-3)13-9-11-17-15-19-14-16-10-7-8-12-18(16)17/h7-8,10,12,14-15H,4-6,9,11,13H2,1-3H3. The minimum atomic E-state index is -2.54. The van der Waals surface area contributed by atoms with Crippen LogP contribution >= 0.6 is 0 Å². The summed E-state index contributed by atoms with van der Waals surface area (Å²) < 4.78 is 17.7. The average molecular weight is 334 g/mol. The Balaban J connectivity index is 2.05. The summed E-state index contributed by atoms with van der Waals surface area (Å²) in [5, 5.41) is 2.46. The quantitative estimate of drug-likeness (QED) is 0.611. The first-order valence-electron chi connectivity index (χ1n) is 8.48. The van der Waals surface area contributed by atoms with Crippen molar-refractivity contribution >= 4 is 19.6 Å². The lowest BCUT2D eigenvalue weighted by atomic mass is 10.0. The van der Waals surface area contributed by atoms with Gasteiger partial charge in [-0.1, -0.05) is 24.3 Å². The fourth-order valence-corrected chi connectivity index (χ4v) is 5.49. The normalized spacial score (nSPS) is 12.0. The maximum absolute atomic E-state index is 5.91. The van der Waals surface area contributed by atoms with Gasteiger partial charge in [-0.15, -0.1) is 0 Å². The number of aryl methyl sites for hydroxylation is 1. The first-order chi connectivity index (χ1) is 11.2. The van der Waals surface area contributed by atoms with E-state index in [1.54, 1.807) is 0 Å². The summed E-state index contributed by atoms with van der Waals surface area (Å²) in [6.07, 6.45) is 5.81. The summed E-state index contributed by atoms with van der Waals surface area (Å²) in [6, 6.07) is 9.22. The molecule has 1 aromatic heterocycles. The third-order valence-electron chi connectivity index (χ3n) is 3.77. The molecule has 0 aliphatic rings. The lowest BCUT2D eigenvalue weighted by Gasteiger charge is -2.28. The Bertz CT molecular complexity index is 583. The van der Waals surface area contributed by atoms with Gasteiger partial charge >= 0.3 is 8.80 Å². The van der Waals surface area contributed by atoms with Gasteiger partial charge in [0.1, 0.15) is 0 Å². The largest absolute Gasteiger partial charge is 0.500 e. The summed E-state index contributed by atoms with van der Waals surface area (Å²) >= 11 is 0. The summed E-state index contributed by atoms with van der Waals surface area (Å²) in [7, 11) is -2.54. The molecule has 0 radical (unpaired) electrons. The molecule has 0 spiro atoms. The number of hydrogen-bond donors (Lipinski definition) is 0. The Kier molecular flexibility index (Phi) is 7.17. The Morgan fingerprint density at radius 2 is 1.57 bits per heavy atom. The van der Waals surface area contributed by atoms with Crippen molar-refractivity contribution in [1.29, 1.82) is 0 Å². The first kappa shape index (κ1) is 18.1. The van der Waals surface area contributed by atoms with Crippen molar-refractivity contribution in [1.82, 2.24) is 4.98 Å². The number of pyridine rings is 1. The lowest BCUT2D eigenvalue weighted by molar-refractivity contribution is 0.0708. The molecule has 0 amide bonds. The van der Waals surface area contributed by atoms with E-state index >= 15 is 0 Å². The van der Waals surface area contributed by atoms with E-state index in [4.69, 9.17) is 13.3 Å². The number of aromatic nitrogens is 1. The van der Waals surface area contributed by atoms with E-state index < -0.39 is 8.80 Å². The summed E-state index contributed by atoms with van der Waals surface area (Å²) in [4.78, 5) is 4.35. The molecule has 0 fully saturated rings. The van der Waals surface area contributed by atoms with E-state index in [0.717, 1.165) is 18.9 Å². The van der Waals surface area contributed by atoms with Gasteiger partial charge in [-0.3, -0.25) is 4.98 Å². The SMILES string of the molecule is CCO[Si](CCCc1cncc2ccccc12)(OCC)OCC. The molecule has 0 saturated carbocycles. The predicted molar refractivity (Wildman–Crippen MR) is 95.5 cm³/mol. The molecule has 2 aromatic rings. The average Bonchev–Trinajstić information content (AvgIpc) is 2.56. The van der Waals surface area contributed by atoms with Crippen LogP contribution in [0.25, 0.3) is 10.8 Å². The van der Waals surface area contributed by atoms with Gasteiger partial charge in [0, 0.05) is 43.6 Å². The zero-order chi connectivity index (χ0) is 16.5. The van der Waals surface area contributed by atoms with Gasteiger partial charge in [-0.05, 0) is 44.6 Å². The van der Waals surface area contributed by atoms with Crippen molar-refractivity contribution in [2.45, 2.75) is 39.7 Å². The van der Waals surface area contributed by atoms with Crippen molar-refractivity contribution in [3.63, 3.8) is 0 Å². The van der Waals surface area contributed by atoms with Crippen molar-refractivity contribution < 1.29 is 13.3 Å². The predicted octanol–water partition coefficient (Wildman–Crippen LogP) is 4.22. The monoisotopic (exact) mass is 333 g/mol. The second-order valence-electron chi connectivity index (χ2n) is 5.36. The van der Waals surface area contributed by atoms with Crippen LogP contribution in [0.5, 0.6) is 0 Å². The third kappa shape index (κ3) is 4.85. The molecule has 0 unspecified atom stereocenters. The first-order valence-corrected chi connectivity index (χ1v) is 10.4. The molecular weight excluding hydrogens is 306 g/mol. The number of hydrogen-bond acceptors (Lipinski definition) is 4. The van der Waals surface area contributed by atoms with Crippen LogP contribution in [-0.2, 0) is 19.7 Å². The molecule has 2 rings (SSSR count). The maximum Gasteiger partial charge on any atom is 0.500 e. The Morgan fingerprint density at radius 1 is 0.913 bits per heavy atom. The minimum absolute atomic E-state index is 0.627. The van der Waals surface area contributed by atoms with Gasteiger partial charge in [-0.25, -0.2) is 0 Å². The van der Waals surface area contributed by atoms with E-state index in [1.807, 2.05) is 39.2 Å². The van der Waals surface area contributed by atoms with Crippen LogP contribution in [-0.4, -0.2) is 33.6 Å². The van der Waals surface area contributed by atoms with Gasteiger partial charge in [0.2, 0.25) is 0 Å². The van der Waals surface area contributed by atoms with E-state index in [1.165, 1.54) is 16.3 Å². The van der Waals surface area contributed by atoms with Crippen LogP contribution < -0.4 is 0 Å². The number of fused-ring (bicyclic) bond motifs is 1. The smallest absolute Gasteiger partial charge is 0.374 e. The van der Waals surface area contributed by atoms with Gasteiger partial charge in [0.25, 0.3) is 0 Å². The molecule has 1 heterocycles. The number of rotatable bonds is 10. The molecule has 0 N–H and O–H groups in total. The fraction of sp³-hybridized carbons (Fsp3) is 0.500. The third-order valence-corrected chi connectivity index (χ3v) is 6.92. The molecule has 23 heavy (non-hydrogen) atoms. The van der Waals surface area contributed by atoms with Crippen molar-refractivity contribution in [3.8, 4) is 0 Å². The highest BCUT2D eigenvalue weighted by Gasteiger charge is 2.39. The minimum Gasteiger partial charge on any atom is -0.374 e. The van der Waals surface area contributed by atoms with Gasteiger partial charge in [0.05, 0.1) is 0 Å². The molecule has 1 aromatic carbocycles. The molecule has 5 heteroatoms. The van der Waals surface area contributed by atoms with Crippen molar-refractivity contribution in [2.24, 2.45) is 0 Å². The highest BCUT2D eigenvalue weighted by molar-refractivity contribution is 6.60. The second-order valence-corrected chi connectivity index (χ2v) is 8.09. The molecule has 126 valence electrons. The van der Waals surface area contributed by atoms with Gasteiger partial charge < -0.3 is 13.3 Å². The van der Waals surface area contributed by atoms with Crippen LogP contribution in [0.4, 0.5) is 0 Å². The Labute approximate surface area is 140 Å². The van der Waals surface area contributed by atoms with Crippen molar-refractivity contribution in [2.75, 3.05) is 19.8 Å². The number of benzene rings is 1. The molecule has 4 nitrogen and oxygen atoms in total. The van der Waals surface area contributed by atoms with Crippen LogP contribution in [0.1, 0.15) is 32.8 Å². The molecule has 0 aliphatic heterocycles. The maximum atomic E-state index is 5.91. The zero-order valence-electron chi connectivity index (χ0n) is 14.4. The Hall–Kier alpha value is -1.27. The summed E-state index contributed by atoms with van der Waals surface area (Å²) in [6.45, 7) is 7.86. The van der Waals surface area contributed by atoms with Crippen LogP contribution in [0.15, 0.2) is 36.7 Å². The highest BCUT2D eigenvalue weighted by Crippen LogP contribution is 2.23.